The zero-order valence-corrected chi connectivity index (χ0v) is 14.6. The van der Waals surface area contributed by atoms with Gasteiger partial charge in [0.05, 0.1) is 12.8 Å². The van der Waals surface area contributed by atoms with Gasteiger partial charge in [0.2, 0.25) is 10.0 Å². The van der Waals surface area contributed by atoms with Crippen molar-refractivity contribution in [2.75, 3.05) is 7.11 Å². The van der Waals surface area contributed by atoms with E-state index in [1.807, 2.05) is 24.3 Å². The minimum atomic E-state index is -3.71. The first-order valence-electron chi connectivity index (χ1n) is 7.61. The topological polar surface area (TPSA) is 86.1 Å². The highest BCUT2D eigenvalue weighted by atomic mass is 32.2. The average molecular weight is 358 g/mol. The van der Waals surface area contributed by atoms with Crippen molar-refractivity contribution in [1.82, 2.24) is 19.5 Å². The molecule has 0 saturated carbocycles. The second kappa shape index (κ2) is 7.04. The molecule has 0 bridgehead atoms. The molecule has 1 N–H and O–H groups in total. The highest BCUT2D eigenvalue weighted by Gasteiger charge is 2.22. The number of aromatic nitrogens is 3. The van der Waals surface area contributed by atoms with Gasteiger partial charge in [0.15, 0.2) is 0 Å². The normalized spacial score (nSPS) is 12.7. The number of ether oxygens (including phenoxy) is 1. The van der Waals surface area contributed by atoms with Crippen LogP contribution in [0.3, 0.4) is 0 Å². The minimum absolute atomic E-state index is 0.114. The number of hydrogen-bond donors (Lipinski definition) is 1. The Morgan fingerprint density at radius 3 is 2.48 bits per heavy atom. The summed E-state index contributed by atoms with van der Waals surface area (Å²) in [7, 11) is -2.26. The molecule has 7 nitrogen and oxygen atoms in total. The van der Waals surface area contributed by atoms with Gasteiger partial charge in [-0.15, -0.1) is 0 Å². The molecule has 0 spiro atoms. The van der Waals surface area contributed by atoms with E-state index >= 15 is 0 Å². The maximum atomic E-state index is 12.6. The van der Waals surface area contributed by atoms with Crippen LogP contribution in [0.15, 0.2) is 66.1 Å². The van der Waals surface area contributed by atoms with Crippen LogP contribution in [0.25, 0.3) is 5.69 Å². The minimum Gasteiger partial charge on any atom is -0.495 e. The van der Waals surface area contributed by atoms with Gasteiger partial charge < -0.3 is 4.74 Å². The molecule has 0 aliphatic rings. The summed E-state index contributed by atoms with van der Waals surface area (Å²) in [6.45, 7) is 1.79. The number of nitrogens with one attached hydrogen (secondary N) is 1. The van der Waals surface area contributed by atoms with Crippen LogP contribution < -0.4 is 9.46 Å². The molecule has 3 aromatic rings. The second-order valence-corrected chi connectivity index (χ2v) is 7.11. The molecule has 1 heterocycles. The zero-order chi connectivity index (χ0) is 17.9. The zero-order valence-electron chi connectivity index (χ0n) is 13.8. The van der Waals surface area contributed by atoms with E-state index in [1.54, 1.807) is 36.1 Å². The first kappa shape index (κ1) is 17.1. The van der Waals surface area contributed by atoms with Crippen molar-refractivity contribution in [2.24, 2.45) is 0 Å². The van der Waals surface area contributed by atoms with E-state index < -0.39 is 16.1 Å². The molecule has 8 heteroatoms. The van der Waals surface area contributed by atoms with Crippen LogP contribution in [0.1, 0.15) is 18.5 Å². The van der Waals surface area contributed by atoms with E-state index in [1.165, 1.54) is 19.5 Å². The van der Waals surface area contributed by atoms with Crippen molar-refractivity contribution in [1.29, 1.82) is 0 Å². The lowest BCUT2D eigenvalue weighted by Gasteiger charge is -2.16. The molecule has 1 atom stereocenters. The highest BCUT2D eigenvalue weighted by Crippen LogP contribution is 2.25. The van der Waals surface area contributed by atoms with Gasteiger partial charge in [0, 0.05) is 6.04 Å². The molecule has 0 fully saturated rings. The number of hydrogen-bond acceptors (Lipinski definition) is 5. The summed E-state index contributed by atoms with van der Waals surface area (Å²) in [6.07, 6.45) is 3.06. The highest BCUT2D eigenvalue weighted by molar-refractivity contribution is 7.89. The Hall–Kier alpha value is -2.71. The van der Waals surface area contributed by atoms with Gasteiger partial charge in [-0.1, -0.05) is 24.3 Å². The molecule has 0 radical (unpaired) electrons. The summed E-state index contributed by atoms with van der Waals surface area (Å²) in [6, 6.07) is 13.5. The van der Waals surface area contributed by atoms with Crippen LogP contribution in [0, 0.1) is 0 Å². The fourth-order valence-corrected chi connectivity index (χ4v) is 3.86. The first-order valence-corrected chi connectivity index (χ1v) is 9.10. The maximum absolute atomic E-state index is 12.6. The second-order valence-electron chi connectivity index (χ2n) is 5.43. The summed E-state index contributed by atoms with van der Waals surface area (Å²) >= 11 is 0. The SMILES string of the molecule is COc1ccccc1S(=O)(=O)NC(C)c1ccc(-n2cncn2)cc1. The van der Waals surface area contributed by atoms with Crippen molar-refractivity contribution in [2.45, 2.75) is 17.9 Å². The van der Waals surface area contributed by atoms with Gasteiger partial charge in [0.1, 0.15) is 23.3 Å². The number of para-hydroxylation sites is 1. The van der Waals surface area contributed by atoms with Gasteiger partial charge >= 0.3 is 0 Å². The smallest absolute Gasteiger partial charge is 0.244 e. The molecule has 1 unspecified atom stereocenters. The number of sulfonamides is 1. The fraction of sp³-hybridized carbons (Fsp3) is 0.176. The average Bonchev–Trinajstić information content (AvgIpc) is 3.16. The van der Waals surface area contributed by atoms with Crippen LogP contribution in [0.5, 0.6) is 5.75 Å². The Morgan fingerprint density at radius 1 is 1.12 bits per heavy atom. The Labute approximate surface area is 146 Å². The van der Waals surface area contributed by atoms with Gasteiger partial charge in [-0.2, -0.15) is 5.10 Å². The maximum Gasteiger partial charge on any atom is 0.244 e. The summed E-state index contributed by atoms with van der Waals surface area (Å²) in [4.78, 5) is 4.02. The van der Waals surface area contributed by atoms with Crippen molar-refractivity contribution in [3.8, 4) is 11.4 Å². The molecule has 130 valence electrons. The molecular formula is C17H18N4O3S. The van der Waals surface area contributed by atoms with Crippen molar-refractivity contribution in [3.63, 3.8) is 0 Å². The molecule has 0 saturated heterocycles. The van der Waals surface area contributed by atoms with Crippen LogP contribution in [0.4, 0.5) is 0 Å². The summed E-state index contributed by atoms with van der Waals surface area (Å²) in [5.41, 5.74) is 1.68. The largest absolute Gasteiger partial charge is 0.495 e. The van der Waals surface area contributed by atoms with Gasteiger partial charge in [0.25, 0.3) is 0 Å². The Bertz CT molecular complexity index is 938. The summed E-state index contributed by atoms with van der Waals surface area (Å²) < 4.78 is 34.7. The summed E-state index contributed by atoms with van der Waals surface area (Å²) in [5, 5.41) is 4.06. The van der Waals surface area contributed by atoms with E-state index in [9.17, 15) is 8.42 Å². The van der Waals surface area contributed by atoms with E-state index in [2.05, 4.69) is 14.8 Å². The van der Waals surface area contributed by atoms with Crippen LogP contribution >= 0.6 is 0 Å². The Balaban J connectivity index is 1.80. The Kier molecular flexibility index (Phi) is 4.82. The predicted octanol–water partition coefficient (Wildman–Crippen LogP) is 2.32. The number of methoxy groups -OCH3 is 1. The molecule has 25 heavy (non-hydrogen) atoms. The number of rotatable bonds is 6. The molecule has 0 amide bonds. The van der Waals surface area contributed by atoms with Crippen molar-refractivity contribution < 1.29 is 13.2 Å². The molecular weight excluding hydrogens is 340 g/mol. The lowest BCUT2D eigenvalue weighted by Crippen LogP contribution is -2.27. The van der Waals surface area contributed by atoms with Gasteiger partial charge in [-0.3, -0.25) is 0 Å². The Morgan fingerprint density at radius 2 is 1.84 bits per heavy atom. The molecule has 1 aromatic heterocycles. The van der Waals surface area contributed by atoms with E-state index in [0.717, 1.165) is 11.3 Å². The third-order valence-electron chi connectivity index (χ3n) is 3.77. The lowest BCUT2D eigenvalue weighted by molar-refractivity contribution is 0.402. The van der Waals surface area contributed by atoms with E-state index in [0.29, 0.717) is 5.75 Å². The molecule has 3 rings (SSSR count). The summed E-state index contributed by atoms with van der Waals surface area (Å²) in [5.74, 6) is 0.309. The third-order valence-corrected chi connectivity index (χ3v) is 5.35. The van der Waals surface area contributed by atoms with Crippen molar-refractivity contribution >= 4 is 10.0 Å². The van der Waals surface area contributed by atoms with E-state index in [4.69, 9.17) is 4.74 Å². The predicted molar refractivity (Wildman–Crippen MR) is 93.1 cm³/mol. The van der Waals surface area contributed by atoms with Crippen LogP contribution in [0.2, 0.25) is 0 Å². The van der Waals surface area contributed by atoms with Gasteiger partial charge in [-0.05, 0) is 36.8 Å². The molecule has 0 aliphatic heterocycles. The number of nitrogens with zero attached hydrogens (tertiary/aromatic N) is 3. The third kappa shape index (κ3) is 3.70. The quantitative estimate of drug-likeness (QED) is 0.731. The molecule has 2 aromatic carbocycles. The molecule has 0 aliphatic carbocycles. The number of benzene rings is 2. The monoisotopic (exact) mass is 358 g/mol. The van der Waals surface area contributed by atoms with Crippen LogP contribution in [-0.2, 0) is 10.0 Å². The lowest BCUT2D eigenvalue weighted by atomic mass is 10.1. The van der Waals surface area contributed by atoms with Crippen molar-refractivity contribution in [3.05, 3.63) is 66.7 Å². The fourth-order valence-electron chi connectivity index (χ4n) is 2.46. The first-order chi connectivity index (χ1) is 12.0. The van der Waals surface area contributed by atoms with Gasteiger partial charge in [-0.25, -0.2) is 22.8 Å². The van der Waals surface area contributed by atoms with E-state index in [-0.39, 0.29) is 4.90 Å². The van der Waals surface area contributed by atoms with Crippen LogP contribution in [-0.4, -0.2) is 30.3 Å². The standard InChI is InChI=1S/C17H18N4O3S/c1-13(14-7-9-15(10-8-14)21-12-18-11-19-21)20-25(22,23)17-6-4-3-5-16(17)24-2/h3-13,20H,1-2H3.